The molecule has 1 aromatic carbocycles. The summed E-state index contributed by atoms with van der Waals surface area (Å²) in [7, 11) is 1.52. The number of nitrogens with one attached hydrogen (secondary N) is 1. The van der Waals surface area contributed by atoms with Crippen molar-refractivity contribution >= 4 is 46.4 Å². The van der Waals surface area contributed by atoms with E-state index >= 15 is 0 Å². The van der Waals surface area contributed by atoms with Crippen LogP contribution in [0.5, 0.6) is 5.75 Å². The van der Waals surface area contributed by atoms with E-state index in [9.17, 15) is 4.79 Å². The summed E-state index contributed by atoms with van der Waals surface area (Å²) in [6.07, 6.45) is 0.463. The van der Waals surface area contributed by atoms with Gasteiger partial charge in [-0.3, -0.25) is 4.79 Å². The SMILES string of the molecule is COc1ccc(Cl)cc1NC(=O)[C@H]1CC1(Cl)Cl. The Hall–Kier alpha value is -0.640. The van der Waals surface area contributed by atoms with E-state index in [2.05, 4.69) is 5.32 Å². The third kappa shape index (κ3) is 2.79. The van der Waals surface area contributed by atoms with E-state index in [0.29, 0.717) is 22.9 Å². The Kier molecular flexibility index (Phi) is 3.43. The summed E-state index contributed by atoms with van der Waals surface area (Å²) in [6.45, 7) is 0. The molecule has 0 bridgehead atoms. The van der Waals surface area contributed by atoms with Crippen LogP contribution in [0.25, 0.3) is 0 Å². The van der Waals surface area contributed by atoms with Gasteiger partial charge in [0.1, 0.15) is 10.1 Å². The number of hydrogen-bond donors (Lipinski definition) is 1. The van der Waals surface area contributed by atoms with E-state index in [-0.39, 0.29) is 11.8 Å². The second-order valence-corrected chi connectivity index (χ2v) is 5.83. The highest BCUT2D eigenvalue weighted by molar-refractivity contribution is 6.52. The minimum atomic E-state index is -0.935. The zero-order valence-electron chi connectivity index (χ0n) is 8.97. The summed E-state index contributed by atoms with van der Waals surface area (Å²) < 4.78 is 4.18. The van der Waals surface area contributed by atoms with Crippen molar-refractivity contribution in [2.45, 2.75) is 10.8 Å². The lowest BCUT2D eigenvalue weighted by Crippen LogP contribution is -2.17. The Morgan fingerprint density at radius 3 is 2.71 bits per heavy atom. The van der Waals surface area contributed by atoms with E-state index in [4.69, 9.17) is 39.5 Å². The van der Waals surface area contributed by atoms with Gasteiger partial charge in [-0.2, -0.15) is 0 Å². The highest BCUT2D eigenvalue weighted by atomic mass is 35.5. The van der Waals surface area contributed by atoms with Crippen LogP contribution in [0.4, 0.5) is 5.69 Å². The first-order valence-electron chi connectivity index (χ1n) is 4.96. The largest absolute Gasteiger partial charge is 0.495 e. The lowest BCUT2D eigenvalue weighted by molar-refractivity contribution is -0.117. The van der Waals surface area contributed by atoms with Gasteiger partial charge in [0.2, 0.25) is 5.91 Å². The highest BCUT2D eigenvalue weighted by Gasteiger charge is 2.56. The third-order valence-electron chi connectivity index (χ3n) is 2.56. The summed E-state index contributed by atoms with van der Waals surface area (Å²) in [5.74, 6) is -0.0665. The standard InChI is InChI=1S/C11H10Cl3NO2/c1-17-9-3-2-6(12)4-8(9)15-10(16)7-5-11(7,13)14/h2-4,7H,5H2,1H3,(H,15,16)/t7-/m1/s1. The lowest BCUT2D eigenvalue weighted by Gasteiger charge is -2.10. The van der Waals surface area contributed by atoms with E-state index in [0.717, 1.165) is 0 Å². The van der Waals surface area contributed by atoms with Crippen LogP contribution in [0.2, 0.25) is 5.02 Å². The van der Waals surface area contributed by atoms with Crippen LogP contribution < -0.4 is 10.1 Å². The average Bonchev–Trinajstić information content (AvgIpc) is 2.88. The normalized spacial score (nSPS) is 20.8. The predicted octanol–water partition coefficient (Wildman–Crippen LogP) is 3.48. The van der Waals surface area contributed by atoms with Gasteiger partial charge in [0.15, 0.2) is 0 Å². The van der Waals surface area contributed by atoms with Gasteiger partial charge in [-0.15, -0.1) is 23.2 Å². The first-order valence-corrected chi connectivity index (χ1v) is 6.09. The van der Waals surface area contributed by atoms with Gasteiger partial charge in [-0.05, 0) is 24.6 Å². The van der Waals surface area contributed by atoms with Crippen LogP contribution in [0.1, 0.15) is 6.42 Å². The van der Waals surface area contributed by atoms with Crippen molar-refractivity contribution in [2.75, 3.05) is 12.4 Å². The number of anilines is 1. The van der Waals surface area contributed by atoms with E-state index < -0.39 is 4.33 Å². The van der Waals surface area contributed by atoms with Crippen molar-refractivity contribution in [3.63, 3.8) is 0 Å². The second kappa shape index (κ2) is 4.56. The first kappa shape index (κ1) is 12.8. The molecular formula is C11H10Cl3NO2. The van der Waals surface area contributed by atoms with Crippen molar-refractivity contribution < 1.29 is 9.53 Å². The molecule has 0 saturated heterocycles. The number of hydrogen-bond acceptors (Lipinski definition) is 2. The molecule has 17 heavy (non-hydrogen) atoms. The van der Waals surface area contributed by atoms with E-state index in [1.54, 1.807) is 18.2 Å². The molecule has 92 valence electrons. The molecule has 1 aromatic rings. The molecular weight excluding hydrogens is 284 g/mol. The number of carbonyl (C=O) groups excluding carboxylic acids is 1. The van der Waals surface area contributed by atoms with Crippen LogP contribution in [-0.2, 0) is 4.79 Å². The fourth-order valence-corrected chi connectivity index (χ4v) is 2.17. The van der Waals surface area contributed by atoms with Crippen molar-refractivity contribution in [1.29, 1.82) is 0 Å². The van der Waals surface area contributed by atoms with Crippen LogP contribution in [0.3, 0.4) is 0 Å². The van der Waals surface area contributed by atoms with E-state index in [1.165, 1.54) is 7.11 Å². The molecule has 1 fully saturated rings. The van der Waals surface area contributed by atoms with Gasteiger partial charge in [0.25, 0.3) is 0 Å². The Morgan fingerprint density at radius 2 is 2.18 bits per heavy atom. The van der Waals surface area contributed by atoms with Crippen LogP contribution in [-0.4, -0.2) is 17.4 Å². The van der Waals surface area contributed by atoms with Gasteiger partial charge >= 0.3 is 0 Å². The number of alkyl halides is 2. The van der Waals surface area contributed by atoms with Crippen LogP contribution >= 0.6 is 34.8 Å². The van der Waals surface area contributed by atoms with Crippen LogP contribution in [0.15, 0.2) is 18.2 Å². The van der Waals surface area contributed by atoms with Crippen molar-refractivity contribution in [3.8, 4) is 5.75 Å². The zero-order chi connectivity index (χ0) is 12.6. The summed E-state index contributed by atoms with van der Waals surface area (Å²) >= 11 is 17.5. The van der Waals surface area contributed by atoms with Gasteiger partial charge in [0, 0.05) is 5.02 Å². The maximum atomic E-state index is 11.8. The second-order valence-electron chi connectivity index (χ2n) is 3.85. The molecule has 0 aromatic heterocycles. The number of halogens is 3. The third-order valence-corrected chi connectivity index (χ3v) is 3.63. The summed E-state index contributed by atoms with van der Waals surface area (Å²) in [5, 5.41) is 3.22. The molecule has 1 aliphatic rings. The number of amides is 1. The Labute approximate surface area is 114 Å². The fourth-order valence-electron chi connectivity index (χ4n) is 1.50. The van der Waals surface area contributed by atoms with Gasteiger partial charge in [0.05, 0.1) is 18.7 Å². The summed E-state index contributed by atoms with van der Waals surface area (Å²) in [5.41, 5.74) is 0.515. The Balaban J connectivity index is 2.13. The summed E-state index contributed by atoms with van der Waals surface area (Å²) in [6, 6.07) is 4.98. The first-order chi connectivity index (χ1) is 7.94. The van der Waals surface area contributed by atoms with Crippen LogP contribution in [0, 0.1) is 5.92 Å². The molecule has 1 aliphatic carbocycles. The molecule has 1 amide bonds. The molecule has 6 heteroatoms. The van der Waals surface area contributed by atoms with Gasteiger partial charge < -0.3 is 10.1 Å². The monoisotopic (exact) mass is 293 g/mol. The topological polar surface area (TPSA) is 38.3 Å². The molecule has 3 nitrogen and oxygen atoms in total. The van der Waals surface area contributed by atoms with Gasteiger partial charge in [-0.25, -0.2) is 0 Å². The highest BCUT2D eigenvalue weighted by Crippen LogP contribution is 2.53. The molecule has 0 radical (unpaired) electrons. The number of ether oxygens (including phenoxy) is 1. The molecule has 0 spiro atoms. The van der Waals surface area contributed by atoms with Crippen molar-refractivity contribution in [2.24, 2.45) is 5.92 Å². The molecule has 0 unspecified atom stereocenters. The quantitative estimate of drug-likeness (QED) is 0.867. The smallest absolute Gasteiger partial charge is 0.230 e. The fraction of sp³-hybridized carbons (Fsp3) is 0.364. The molecule has 2 rings (SSSR count). The number of benzene rings is 1. The number of rotatable bonds is 3. The van der Waals surface area contributed by atoms with E-state index in [1.807, 2.05) is 0 Å². The number of methoxy groups -OCH3 is 1. The lowest BCUT2D eigenvalue weighted by atomic mass is 10.2. The number of carbonyl (C=O) groups is 1. The predicted molar refractivity (Wildman–Crippen MR) is 69.2 cm³/mol. The maximum Gasteiger partial charge on any atom is 0.230 e. The molecule has 0 aliphatic heterocycles. The molecule has 1 atom stereocenters. The zero-order valence-corrected chi connectivity index (χ0v) is 11.2. The average molecular weight is 295 g/mol. The van der Waals surface area contributed by atoms with Gasteiger partial charge in [-0.1, -0.05) is 11.6 Å². The summed E-state index contributed by atoms with van der Waals surface area (Å²) in [4.78, 5) is 11.8. The Bertz CT molecular complexity index is 462. The molecule has 0 heterocycles. The van der Waals surface area contributed by atoms with Crippen molar-refractivity contribution in [1.82, 2.24) is 0 Å². The maximum absolute atomic E-state index is 11.8. The molecule has 1 saturated carbocycles. The Morgan fingerprint density at radius 1 is 1.53 bits per heavy atom. The van der Waals surface area contributed by atoms with Crippen molar-refractivity contribution in [3.05, 3.63) is 23.2 Å². The minimum absolute atomic E-state index is 0.226. The minimum Gasteiger partial charge on any atom is -0.495 e. The molecule has 1 N–H and O–H groups in total.